The first-order valence-electron chi connectivity index (χ1n) is 6.47. The van der Waals surface area contributed by atoms with Gasteiger partial charge in [0.15, 0.2) is 0 Å². The predicted molar refractivity (Wildman–Crippen MR) is 64.7 cm³/mol. The Balaban J connectivity index is 1.58. The lowest BCUT2D eigenvalue weighted by molar-refractivity contribution is -0.167. The Hall–Kier alpha value is -1.40. The molecule has 0 radical (unpaired) electrons. The van der Waals surface area contributed by atoms with Crippen LogP contribution in [0.2, 0.25) is 0 Å². The first kappa shape index (κ1) is 11.7. The number of hydrogen-bond donors (Lipinski definition) is 1. The van der Waals surface area contributed by atoms with Crippen LogP contribution in [0.25, 0.3) is 0 Å². The first-order chi connectivity index (χ1) is 8.84. The summed E-state index contributed by atoms with van der Waals surface area (Å²) >= 11 is 0. The van der Waals surface area contributed by atoms with E-state index < -0.39 is 0 Å². The summed E-state index contributed by atoms with van der Waals surface area (Å²) in [6, 6.07) is 2.04. The van der Waals surface area contributed by atoms with Gasteiger partial charge in [-0.3, -0.25) is 14.9 Å². The Morgan fingerprint density at radius 2 is 2.17 bits per heavy atom. The van der Waals surface area contributed by atoms with Crippen molar-refractivity contribution < 1.29 is 9.53 Å². The molecule has 6 heteroatoms. The monoisotopic (exact) mass is 250 g/mol. The average molecular weight is 250 g/mol. The summed E-state index contributed by atoms with van der Waals surface area (Å²) in [5.41, 5.74) is 1.21. The molecule has 0 unspecified atom stereocenters. The molecule has 1 aromatic rings. The number of piperidine rings is 1. The number of aromatic nitrogens is 2. The van der Waals surface area contributed by atoms with Gasteiger partial charge in [0.05, 0.1) is 13.2 Å². The minimum Gasteiger partial charge on any atom is -0.370 e. The van der Waals surface area contributed by atoms with Gasteiger partial charge in [-0.25, -0.2) is 5.01 Å². The summed E-state index contributed by atoms with van der Waals surface area (Å²) in [4.78, 5) is 11.7. The number of carbonyl (C=O) groups is 1. The minimum absolute atomic E-state index is 0.0845. The van der Waals surface area contributed by atoms with E-state index in [1.807, 2.05) is 11.1 Å². The number of aromatic amines is 1. The van der Waals surface area contributed by atoms with Crippen molar-refractivity contribution in [3.05, 3.63) is 18.0 Å². The topological polar surface area (TPSA) is 61.5 Å². The van der Waals surface area contributed by atoms with Crippen LogP contribution in [-0.4, -0.2) is 59.0 Å². The van der Waals surface area contributed by atoms with Crippen LogP contribution in [0.3, 0.4) is 0 Å². The number of rotatable bonds is 2. The van der Waals surface area contributed by atoms with Crippen molar-refractivity contribution in [3.8, 4) is 0 Å². The number of nitrogens with zero attached hydrogens (tertiary/aromatic N) is 3. The molecule has 2 saturated heterocycles. The Kier molecular flexibility index (Phi) is 3.29. The lowest BCUT2D eigenvalue weighted by Crippen LogP contribution is -2.54. The second-order valence-electron chi connectivity index (χ2n) is 4.81. The van der Waals surface area contributed by atoms with Crippen LogP contribution in [0, 0.1) is 0 Å². The lowest BCUT2D eigenvalue weighted by Gasteiger charge is -2.41. The fourth-order valence-electron chi connectivity index (χ4n) is 2.72. The normalized spacial score (nSPS) is 23.6. The third-order valence-electron chi connectivity index (χ3n) is 3.74. The van der Waals surface area contributed by atoms with Crippen molar-refractivity contribution >= 4 is 5.91 Å². The number of morpholine rings is 1. The lowest BCUT2D eigenvalue weighted by atomic mass is 9.94. The van der Waals surface area contributed by atoms with Crippen molar-refractivity contribution in [2.45, 2.75) is 18.8 Å². The summed E-state index contributed by atoms with van der Waals surface area (Å²) in [6.07, 6.45) is 3.92. The second kappa shape index (κ2) is 5.07. The van der Waals surface area contributed by atoms with Gasteiger partial charge in [0.2, 0.25) is 0 Å². The molecule has 0 spiro atoms. The van der Waals surface area contributed by atoms with E-state index >= 15 is 0 Å². The maximum Gasteiger partial charge on any atom is 0.262 e. The third kappa shape index (κ3) is 2.26. The molecule has 18 heavy (non-hydrogen) atoms. The molecule has 0 saturated carbocycles. The molecule has 1 N–H and O–H groups in total. The summed E-state index contributed by atoms with van der Waals surface area (Å²) in [5.74, 6) is 0.626. The molecule has 2 fully saturated rings. The van der Waals surface area contributed by atoms with Crippen LogP contribution >= 0.6 is 0 Å². The molecule has 0 bridgehead atoms. The van der Waals surface area contributed by atoms with Gasteiger partial charge < -0.3 is 4.74 Å². The molecule has 3 heterocycles. The predicted octanol–water partition coefficient (Wildman–Crippen LogP) is 0.363. The molecule has 1 aromatic heterocycles. The van der Waals surface area contributed by atoms with Gasteiger partial charge in [0.25, 0.3) is 5.91 Å². The third-order valence-corrected chi connectivity index (χ3v) is 3.74. The summed E-state index contributed by atoms with van der Waals surface area (Å²) in [6.45, 7) is 3.41. The first-order valence-corrected chi connectivity index (χ1v) is 6.47. The number of hydrazine groups is 1. The van der Waals surface area contributed by atoms with Crippen molar-refractivity contribution in [1.29, 1.82) is 0 Å². The highest BCUT2D eigenvalue weighted by Crippen LogP contribution is 2.27. The Labute approximate surface area is 106 Å². The maximum absolute atomic E-state index is 11.7. The highest BCUT2D eigenvalue weighted by Gasteiger charge is 2.29. The smallest absolute Gasteiger partial charge is 0.262 e. The van der Waals surface area contributed by atoms with E-state index in [1.165, 1.54) is 5.69 Å². The summed E-state index contributed by atoms with van der Waals surface area (Å²) in [5, 5.41) is 11.1. The van der Waals surface area contributed by atoms with Crippen LogP contribution in [0.1, 0.15) is 24.5 Å². The van der Waals surface area contributed by atoms with E-state index in [-0.39, 0.29) is 12.5 Å². The van der Waals surface area contributed by atoms with E-state index in [9.17, 15) is 4.79 Å². The van der Waals surface area contributed by atoms with E-state index in [2.05, 4.69) is 15.2 Å². The van der Waals surface area contributed by atoms with Gasteiger partial charge in [-0.05, 0) is 18.9 Å². The highest BCUT2D eigenvalue weighted by atomic mass is 16.5. The van der Waals surface area contributed by atoms with Crippen molar-refractivity contribution in [1.82, 2.24) is 20.2 Å². The van der Waals surface area contributed by atoms with Crippen LogP contribution in [-0.2, 0) is 9.53 Å². The van der Waals surface area contributed by atoms with Crippen molar-refractivity contribution in [2.24, 2.45) is 0 Å². The zero-order valence-electron chi connectivity index (χ0n) is 10.3. The molecule has 0 aliphatic carbocycles. The van der Waals surface area contributed by atoms with Gasteiger partial charge in [-0.15, -0.1) is 0 Å². The van der Waals surface area contributed by atoms with Gasteiger partial charge >= 0.3 is 0 Å². The number of carbonyl (C=O) groups excluding carboxylic acids is 1. The number of H-pyrrole nitrogens is 1. The van der Waals surface area contributed by atoms with Crippen molar-refractivity contribution in [3.63, 3.8) is 0 Å². The van der Waals surface area contributed by atoms with Crippen LogP contribution in [0.4, 0.5) is 0 Å². The quantitative estimate of drug-likeness (QED) is 0.823. The SMILES string of the molecule is O=C1COCCN1N1CCC(c2ccn[nH]2)CC1. The van der Waals surface area contributed by atoms with Gasteiger partial charge in [0, 0.05) is 30.9 Å². The average Bonchev–Trinajstić information content (AvgIpc) is 2.94. The molecule has 2 aliphatic heterocycles. The zero-order chi connectivity index (χ0) is 12.4. The standard InChI is InChI=1S/C12H18N4O2/c17-12-9-18-8-7-16(12)15-5-2-10(3-6-15)11-1-4-13-14-11/h1,4,10H,2-3,5-9H2,(H,13,14). The molecular weight excluding hydrogens is 232 g/mol. The van der Waals surface area contributed by atoms with Crippen LogP contribution in [0.5, 0.6) is 0 Å². The van der Waals surface area contributed by atoms with E-state index in [1.54, 1.807) is 6.20 Å². The molecule has 0 aromatic carbocycles. The maximum atomic E-state index is 11.7. The molecule has 3 rings (SSSR count). The zero-order valence-corrected chi connectivity index (χ0v) is 10.3. The molecule has 0 atom stereocenters. The van der Waals surface area contributed by atoms with Gasteiger partial charge in [-0.1, -0.05) is 0 Å². The molecule has 2 aliphatic rings. The fraction of sp³-hybridized carbons (Fsp3) is 0.667. The summed E-state index contributed by atoms with van der Waals surface area (Å²) < 4.78 is 5.15. The second-order valence-corrected chi connectivity index (χ2v) is 4.81. The van der Waals surface area contributed by atoms with Gasteiger partial charge in [-0.2, -0.15) is 5.10 Å². The van der Waals surface area contributed by atoms with E-state index in [4.69, 9.17) is 4.74 Å². The molecule has 6 nitrogen and oxygen atoms in total. The van der Waals surface area contributed by atoms with E-state index in [0.717, 1.165) is 25.9 Å². The largest absolute Gasteiger partial charge is 0.370 e. The number of hydrogen-bond acceptors (Lipinski definition) is 4. The van der Waals surface area contributed by atoms with Crippen LogP contribution < -0.4 is 0 Å². The molecular formula is C12H18N4O2. The summed E-state index contributed by atoms with van der Waals surface area (Å²) in [7, 11) is 0. The molecule has 1 amide bonds. The van der Waals surface area contributed by atoms with Crippen molar-refractivity contribution in [2.75, 3.05) is 32.8 Å². The Morgan fingerprint density at radius 3 is 2.83 bits per heavy atom. The number of amides is 1. The molecule has 98 valence electrons. The Morgan fingerprint density at radius 1 is 1.33 bits per heavy atom. The number of ether oxygens (including phenoxy) is 1. The fourth-order valence-corrected chi connectivity index (χ4v) is 2.72. The van der Waals surface area contributed by atoms with E-state index in [0.29, 0.717) is 19.1 Å². The van der Waals surface area contributed by atoms with Gasteiger partial charge in [0.1, 0.15) is 6.61 Å². The minimum atomic E-state index is 0.0845. The number of nitrogens with one attached hydrogen (secondary N) is 1. The Bertz CT molecular complexity index is 398. The van der Waals surface area contributed by atoms with Crippen LogP contribution in [0.15, 0.2) is 12.3 Å². The highest BCUT2D eigenvalue weighted by molar-refractivity contribution is 5.77.